The normalized spacial score (nSPS) is 13.3. The van der Waals surface area contributed by atoms with Crippen LogP contribution in [0.2, 0.25) is 0 Å². The van der Waals surface area contributed by atoms with Crippen LogP contribution < -0.4 is 10.1 Å². The molecule has 7 heteroatoms. The van der Waals surface area contributed by atoms with E-state index in [1.165, 1.54) is 7.05 Å². The number of rotatable bonds is 7. The molecule has 20 heavy (non-hydrogen) atoms. The molecule has 1 rings (SSSR count). The van der Waals surface area contributed by atoms with Crippen LogP contribution in [0.1, 0.15) is 18.0 Å². The van der Waals surface area contributed by atoms with E-state index in [0.29, 0.717) is 29.0 Å². The summed E-state index contributed by atoms with van der Waals surface area (Å²) in [7, 11) is 3.07. The van der Waals surface area contributed by atoms with Crippen molar-refractivity contribution < 1.29 is 22.6 Å². The summed E-state index contributed by atoms with van der Waals surface area (Å²) < 4.78 is 48.3. The summed E-state index contributed by atoms with van der Waals surface area (Å²) in [6.07, 6.45) is -5.13. The fourth-order valence-electron chi connectivity index (χ4n) is 1.70. The van der Waals surface area contributed by atoms with Crippen molar-refractivity contribution in [2.24, 2.45) is 0 Å². The predicted octanol–water partition coefficient (Wildman–Crippen LogP) is 3.69. The van der Waals surface area contributed by atoms with Gasteiger partial charge in [-0.3, -0.25) is 0 Å². The van der Waals surface area contributed by atoms with E-state index in [1.54, 1.807) is 25.3 Å². The summed E-state index contributed by atoms with van der Waals surface area (Å²) in [5.74, 6) is 0.577. The Hall–Kier alpha value is -0.790. The molecule has 1 N–H and O–H groups in total. The second-order valence-corrected chi connectivity index (χ2v) is 5.05. The molecule has 0 aromatic heterocycles. The Morgan fingerprint density at radius 1 is 1.30 bits per heavy atom. The highest BCUT2D eigenvalue weighted by Gasteiger charge is 2.32. The molecule has 1 unspecified atom stereocenters. The number of benzene rings is 1. The number of hydrogen-bond acceptors (Lipinski definition) is 3. The third-order valence-electron chi connectivity index (χ3n) is 2.69. The van der Waals surface area contributed by atoms with Gasteiger partial charge >= 0.3 is 6.18 Å². The van der Waals surface area contributed by atoms with Crippen LogP contribution in [-0.4, -0.2) is 33.5 Å². The lowest BCUT2D eigenvalue weighted by molar-refractivity contribution is -0.140. The first-order valence-electron chi connectivity index (χ1n) is 6.02. The van der Waals surface area contributed by atoms with Crippen LogP contribution in [0.4, 0.5) is 13.2 Å². The van der Waals surface area contributed by atoms with Crippen molar-refractivity contribution >= 4 is 15.9 Å². The van der Waals surface area contributed by atoms with Crippen molar-refractivity contribution in [2.75, 3.05) is 27.4 Å². The van der Waals surface area contributed by atoms with E-state index in [0.717, 1.165) is 0 Å². The summed E-state index contributed by atoms with van der Waals surface area (Å²) in [4.78, 5) is 0. The molecule has 114 valence electrons. The first kappa shape index (κ1) is 17.3. The van der Waals surface area contributed by atoms with Crippen LogP contribution in [0.5, 0.6) is 5.75 Å². The lowest BCUT2D eigenvalue weighted by Gasteiger charge is -2.19. The predicted molar refractivity (Wildman–Crippen MR) is 74.0 cm³/mol. The van der Waals surface area contributed by atoms with Crippen molar-refractivity contribution in [3.05, 3.63) is 28.2 Å². The van der Waals surface area contributed by atoms with Crippen molar-refractivity contribution in [3.63, 3.8) is 0 Å². The molecule has 0 fully saturated rings. The Kier molecular flexibility index (Phi) is 6.78. The fourth-order valence-corrected chi connectivity index (χ4v) is 2.21. The van der Waals surface area contributed by atoms with Crippen LogP contribution in [0.15, 0.2) is 22.7 Å². The Labute approximate surface area is 124 Å². The van der Waals surface area contributed by atoms with Gasteiger partial charge in [0.25, 0.3) is 0 Å². The van der Waals surface area contributed by atoms with E-state index in [9.17, 15) is 13.2 Å². The van der Waals surface area contributed by atoms with Gasteiger partial charge in [-0.05, 0) is 40.7 Å². The molecule has 0 aliphatic rings. The maximum atomic E-state index is 12.5. The second kappa shape index (κ2) is 7.85. The summed E-state index contributed by atoms with van der Waals surface area (Å²) in [5, 5.41) is 2.67. The van der Waals surface area contributed by atoms with E-state index in [2.05, 4.69) is 21.2 Å². The Bertz CT molecular complexity index is 427. The summed E-state index contributed by atoms with van der Waals surface area (Å²) in [6, 6.07) is 4.13. The SMILES string of the molecule is CNC(CC(F)(F)F)c1ccc(OCCOC)c(Br)c1. The van der Waals surface area contributed by atoms with E-state index in [-0.39, 0.29) is 0 Å². The van der Waals surface area contributed by atoms with Crippen LogP contribution in [0.3, 0.4) is 0 Å². The second-order valence-electron chi connectivity index (χ2n) is 4.19. The van der Waals surface area contributed by atoms with Gasteiger partial charge in [-0.15, -0.1) is 0 Å². The van der Waals surface area contributed by atoms with E-state index in [4.69, 9.17) is 9.47 Å². The van der Waals surface area contributed by atoms with Crippen molar-refractivity contribution in [2.45, 2.75) is 18.6 Å². The summed E-state index contributed by atoms with van der Waals surface area (Å²) >= 11 is 3.30. The average molecular weight is 356 g/mol. The zero-order valence-electron chi connectivity index (χ0n) is 11.3. The Balaban J connectivity index is 2.78. The zero-order valence-corrected chi connectivity index (χ0v) is 12.8. The Morgan fingerprint density at radius 2 is 2.00 bits per heavy atom. The van der Waals surface area contributed by atoms with Gasteiger partial charge in [-0.25, -0.2) is 0 Å². The van der Waals surface area contributed by atoms with Crippen LogP contribution >= 0.6 is 15.9 Å². The van der Waals surface area contributed by atoms with Crippen molar-refractivity contribution in [1.82, 2.24) is 5.32 Å². The zero-order chi connectivity index (χ0) is 15.2. The van der Waals surface area contributed by atoms with Crippen molar-refractivity contribution in [3.8, 4) is 5.75 Å². The summed E-state index contributed by atoms with van der Waals surface area (Å²) in [5.41, 5.74) is 0.552. The smallest absolute Gasteiger partial charge is 0.390 e. The van der Waals surface area contributed by atoms with Crippen molar-refractivity contribution in [1.29, 1.82) is 0 Å². The molecule has 0 aliphatic carbocycles. The number of alkyl halides is 3. The number of methoxy groups -OCH3 is 1. The molecule has 1 aromatic rings. The number of ether oxygens (including phenoxy) is 2. The molecular formula is C13H17BrF3NO2. The van der Waals surface area contributed by atoms with E-state index in [1.807, 2.05) is 0 Å². The minimum absolute atomic E-state index is 0.381. The molecule has 0 heterocycles. The van der Waals surface area contributed by atoms with Gasteiger partial charge in [0.05, 0.1) is 17.5 Å². The third-order valence-corrected chi connectivity index (χ3v) is 3.31. The van der Waals surface area contributed by atoms with Gasteiger partial charge in [0, 0.05) is 13.2 Å². The van der Waals surface area contributed by atoms with E-state index < -0.39 is 18.6 Å². The lowest BCUT2D eigenvalue weighted by Crippen LogP contribution is -2.23. The minimum Gasteiger partial charge on any atom is -0.490 e. The van der Waals surface area contributed by atoms with E-state index >= 15 is 0 Å². The van der Waals surface area contributed by atoms with Gasteiger partial charge in [-0.2, -0.15) is 13.2 Å². The molecule has 0 aliphatic heterocycles. The van der Waals surface area contributed by atoms with Gasteiger partial charge < -0.3 is 14.8 Å². The van der Waals surface area contributed by atoms with Gasteiger partial charge in [-0.1, -0.05) is 6.07 Å². The third kappa shape index (κ3) is 5.68. The molecule has 1 atom stereocenters. The molecule has 0 saturated carbocycles. The molecule has 0 bridgehead atoms. The van der Waals surface area contributed by atoms with Crippen LogP contribution in [0, 0.1) is 0 Å². The maximum Gasteiger partial charge on any atom is 0.390 e. The fraction of sp³-hybridized carbons (Fsp3) is 0.538. The largest absolute Gasteiger partial charge is 0.490 e. The lowest BCUT2D eigenvalue weighted by atomic mass is 10.0. The minimum atomic E-state index is -4.21. The molecule has 0 radical (unpaired) electrons. The first-order chi connectivity index (χ1) is 9.37. The molecule has 1 aromatic carbocycles. The molecule has 0 saturated heterocycles. The summed E-state index contributed by atoms with van der Waals surface area (Å²) in [6.45, 7) is 0.827. The van der Waals surface area contributed by atoms with Gasteiger partial charge in [0.2, 0.25) is 0 Å². The van der Waals surface area contributed by atoms with Gasteiger partial charge in [0.1, 0.15) is 12.4 Å². The average Bonchev–Trinajstić information content (AvgIpc) is 2.37. The molecule has 3 nitrogen and oxygen atoms in total. The number of nitrogens with one attached hydrogen (secondary N) is 1. The highest BCUT2D eigenvalue weighted by Crippen LogP contribution is 2.33. The standard InChI is InChI=1S/C13H17BrF3NO2/c1-18-11(8-13(15,16)17)9-3-4-12(10(14)7-9)20-6-5-19-2/h3-4,7,11,18H,5-6,8H2,1-2H3. The molecule has 0 amide bonds. The number of halogens is 4. The highest BCUT2D eigenvalue weighted by molar-refractivity contribution is 9.10. The monoisotopic (exact) mass is 355 g/mol. The first-order valence-corrected chi connectivity index (χ1v) is 6.82. The molecule has 0 spiro atoms. The van der Waals surface area contributed by atoms with Crippen LogP contribution in [-0.2, 0) is 4.74 Å². The van der Waals surface area contributed by atoms with Crippen LogP contribution in [0.25, 0.3) is 0 Å². The molecular weight excluding hydrogens is 339 g/mol. The topological polar surface area (TPSA) is 30.5 Å². The van der Waals surface area contributed by atoms with Gasteiger partial charge in [0.15, 0.2) is 0 Å². The Morgan fingerprint density at radius 3 is 2.50 bits per heavy atom. The highest BCUT2D eigenvalue weighted by atomic mass is 79.9. The quantitative estimate of drug-likeness (QED) is 0.756. The number of hydrogen-bond donors (Lipinski definition) is 1. The maximum absolute atomic E-state index is 12.5.